The zero-order valence-electron chi connectivity index (χ0n) is 10.5. The van der Waals surface area contributed by atoms with Crippen LogP contribution in [0.5, 0.6) is 0 Å². The Labute approximate surface area is 96.9 Å². The van der Waals surface area contributed by atoms with E-state index < -0.39 is 0 Å². The highest BCUT2D eigenvalue weighted by atomic mass is 16.5. The van der Waals surface area contributed by atoms with Crippen molar-refractivity contribution in [3.63, 3.8) is 0 Å². The summed E-state index contributed by atoms with van der Waals surface area (Å²) < 4.78 is 7.43. The number of nitrogens with two attached hydrogens (primary N) is 1. The lowest BCUT2D eigenvalue weighted by Crippen LogP contribution is -2.41. The quantitative estimate of drug-likeness (QED) is 0.562. The molecule has 2 atom stereocenters. The van der Waals surface area contributed by atoms with Crippen LogP contribution in [0, 0.1) is 5.92 Å². The van der Waals surface area contributed by atoms with Gasteiger partial charge >= 0.3 is 0 Å². The molecule has 0 aliphatic rings. The molecule has 0 aliphatic carbocycles. The van der Waals surface area contributed by atoms with E-state index in [2.05, 4.69) is 31.3 Å². The first-order chi connectivity index (χ1) is 7.65. The van der Waals surface area contributed by atoms with E-state index in [1.165, 1.54) is 0 Å². The highest BCUT2D eigenvalue weighted by Crippen LogP contribution is 2.23. The lowest BCUT2D eigenvalue weighted by molar-refractivity contribution is 0.0301. The molecule has 5 heteroatoms. The maximum atomic E-state index is 5.63. The molecule has 2 unspecified atom stereocenters. The van der Waals surface area contributed by atoms with Crippen LogP contribution < -0.4 is 11.3 Å². The number of aromatic nitrogens is 2. The molecule has 0 amide bonds. The van der Waals surface area contributed by atoms with Crippen molar-refractivity contribution in [1.82, 2.24) is 15.2 Å². The normalized spacial score (nSPS) is 15.4. The number of nitrogens with zero attached hydrogens (tertiary/aromatic N) is 2. The van der Waals surface area contributed by atoms with Crippen LogP contribution in [0.15, 0.2) is 12.3 Å². The molecule has 0 aliphatic heterocycles. The molecule has 0 radical (unpaired) electrons. The minimum Gasteiger partial charge on any atom is -0.379 e. The van der Waals surface area contributed by atoms with Gasteiger partial charge in [0.25, 0.3) is 0 Å². The van der Waals surface area contributed by atoms with Crippen LogP contribution >= 0.6 is 0 Å². The lowest BCUT2D eigenvalue weighted by atomic mass is 9.97. The maximum absolute atomic E-state index is 5.63. The van der Waals surface area contributed by atoms with Crippen LogP contribution in [-0.2, 0) is 11.3 Å². The summed E-state index contributed by atoms with van der Waals surface area (Å²) >= 11 is 0. The fourth-order valence-corrected chi connectivity index (χ4v) is 2.01. The maximum Gasteiger partial charge on any atom is 0.0892 e. The highest BCUT2D eigenvalue weighted by molar-refractivity contribution is 5.09. The van der Waals surface area contributed by atoms with Gasteiger partial charge in [-0.25, -0.2) is 5.43 Å². The minimum atomic E-state index is -0.0348. The Morgan fingerprint density at radius 1 is 1.56 bits per heavy atom. The molecule has 3 N–H and O–H groups in total. The molecule has 0 aromatic carbocycles. The van der Waals surface area contributed by atoms with E-state index in [-0.39, 0.29) is 12.1 Å². The topological polar surface area (TPSA) is 65.1 Å². The Kier molecular flexibility index (Phi) is 4.92. The number of ether oxygens (including phenoxy) is 1. The lowest BCUT2D eigenvalue weighted by Gasteiger charge is -2.28. The molecule has 0 saturated heterocycles. The number of hydrogen-bond donors (Lipinski definition) is 2. The molecule has 0 spiro atoms. The van der Waals surface area contributed by atoms with Crippen molar-refractivity contribution in [3.8, 4) is 0 Å². The zero-order chi connectivity index (χ0) is 12.1. The highest BCUT2D eigenvalue weighted by Gasteiger charge is 2.27. The fraction of sp³-hybridized carbons (Fsp3) is 0.727. The van der Waals surface area contributed by atoms with Gasteiger partial charge in [-0.2, -0.15) is 5.10 Å². The fourth-order valence-electron chi connectivity index (χ4n) is 2.01. The zero-order valence-corrected chi connectivity index (χ0v) is 10.5. The van der Waals surface area contributed by atoms with E-state index in [0.29, 0.717) is 5.92 Å². The molecule has 0 bridgehead atoms. The molecule has 1 heterocycles. The van der Waals surface area contributed by atoms with Gasteiger partial charge in [0.05, 0.1) is 17.8 Å². The van der Waals surface area contributed by atoms with Crippen LogP contribution in [0.2, 0.25) is 0 Å². The van der Waals surface area contributed by atoms with Crippen LogP contribution in [0.4, 0.5) is 0 Å². The first-order valence-electron chi connectivity index (χ1n) is 5.66. The van der Waals surface area contributed by atoms with Crippen LogP contribution in [0.25, 0.3) is 0 Å². The molecular weight excluding hydrogens is 204 g/mol. The second-order valence-electron chi connectivity index (χ2n) is 4.16. The van der Waals surface area contributed by atoms with E-state index in [1.54, 1.807) is 13.3 Å². The molecular formula is C11H22N4O. The number of rotatable bonds is 6. The number of hydrogen-bond acceptors (Lipinski definition) is 4. The number of nitrogens with one attached hydrogen (secondary N) is 1. The molecule has 92 valence electrons. The van der Waals surface area contributed by atoms with Gasteiger partial charge in [0.1, 0.15) is 0 Å². The van der Waals surface area contributed by atoms with Gasteiger partial charge in [0.15, 0.2) is 0 Å². The molecule has 1 aromatic heterocycles. The van der Waals surface area contributed by atoms with Crippen molar-refractivity contribution in [2.24, 2.45) is 11.8 Å². The smallest absolute Gasteiger partial charge is 0.0892 e. The van der Waals surface area contributed by atoms with Crippen molar-refractivity contribution < 1.29 is 4.74 Å². The Morgan fingerprint density at radius 3 is 2.69 bits per heavy atom. The monoisotopic (exact) mass is 226 g/mol. The number of aryl methyl sites for hydroxylation is 1. The largest absolute Gasteiger partial charge is 0.379 e. The Hall–Kier alpha value is -0.910. The van der Waals surface area contributed by atoms with E-state index in [1.807, 2.05) is 10.7 Å². The summed E-state index contributed by atoms with van der Waals surface area (Å²) in [5.41, 5.74) is 3.89. The van der Waals surface area contributed by atoms with Gasteiger partial charge in [-0.1, -0.05) is 13.8 Å². The third-order valence-corrected chi connectivity index (χ3v) is 2.80. The summed E-state index contributed by atoms with van der Waals surface area (Å²) in [5.74, 6) is 6.01. The molecule has 1 aromatic rings. The average Bonchev–Trinajstić information content (AvgIpc) is 2.72. The second kappa shape index (κ2) is 5.98. The molecule has 1 rings (SSSR count). The number of methoxy groups -OCH3 is 1. The van der Waals surface area contributed by atoms with Crippen molar-refractivity contribution >= 4 is 0 Å². The summed E-state index contributed by atoms with van der Waals surface area (Å²) in [7, 11) is 1.71. The predicted octanol–water partition coefficient (Wildman–Crippen LogP) is 1.08. The molecule has 0 saturated carbocycles. The first kappa shape index (κ1) is 13.2. The van der Waals surface area contributed by atoms with E-state index in [9.17, 15) is 0 Å². The summed E-state index contributed by atoms with van der Waals surface area (Å²) in [4.78, 5) is 0. The van der Waals surface area contributed by atoms with Crippen LogP contribution in [0.1, 0.15) is 32.5 Å². The Bertz CT molecular complexity index is 311. The van der Waals surface area contributed by atoms with Gasteiger partial charge < -0.3 is 4.74 Å². The van der Waals surface area contributed by atoms with Crippen LogP contribution in [0.3, 0.4) is 0 Å². The van der Waals surface area contributed by atoms with Gasteiger partial charge in [0, 0.05) is 19.9 Å². The van der Waals surface area contributed by atoms with Gasteiger partial charge in [-0.05, 0) is 18.9 Å². The van der Waals surface area contributed by atoms with Crippen molar-refractivity contribution in [2.45, 2.75) is 39.5 Å². The van der Waals surface area contributed by atoms with Crippen molar-refractivity contribution in [3.05, 3.63) is 18.0 Å². The van der Waals surface area contributed by atoms with Crippen molar-refractivity contribution in [1.29, 1.82) is 0 Å². The van der Waals surface area contributed by atoms with E-state index in [4.69, 9.17) is 10.6 Å². The molecule has 5 nitrogen and oxygen atoms in total. The first-order valence-corrected chi connectivity index (χ1v) is 5.66. The standard InChI is InChI=1S/C11H22N4O/c1-5-15-9(6-7-13-15)10(14-12)11(16-4)8(2)3/h6-8,10-11,14H,5,12H2,1-4H3. The average molecular weight is 226 g/mol. The summed E-state index contributed by atoms with van der Waals surface area (Å²) in [5, 5.41) is 4.25. The predicted molar refractivity (Wildman–Crippen MR) is 63.6 cm³/mol. The Balaban J connectivity index is 2.96. The molecule has 16 heavy (non-hydrogen) atoms. The van der Waals surface area contributed by atoms with Crippen LogP contribution in [-0.4, -0.2) is 23.0 Å². The van der Waals surface area contributed by atoms with Crippen molar-refractivity contribution in [2.75, 3.05) is 7.11 Å². The second-order valence-corrected chi connectivity index (χ2v) is 4.16. The summed E-state index contributed by atoms with van der Waals surface area (Å²) in [6.45, 7) is 7.12. The van der Waals surface area contributed by atoms with E-state index >= 15 is 0 Å². The SMILES string of the molecule is CCn1nccc1C(NN)C(OC)C(C)C. The van der Waals surface area contributed by atoms with Gasteiger partial charge in [0.2, 0.25) is 0 Å². The minimum absolute atomic E-state index is 0.0343. The van der Waals surface area contributed by atoms with E-state index in [0.717, 1.165) is 12.2 Å². The Morgan fingerprint density at radius 2 is 2.25 bits per heavy atom. The third kappa shape index (κ3) is 2.61. The number of hydrazine groups is 1. The summed E-state index contributed by atoms with van der Waals surface area (Å²) in [6, 6.07) is 1.94. The molecule has 0 fully saturated rings. The van der Waals surface area contributed by atoms with Gasteiger partial charge in [-0.3, -0.25) is 10.5 Å². The van der Waals surface area contributed by atoms with Gasteiger partial charge in [-0.15, -0.1) is 0 Å². The summed E-state index contributed by atoms with van der Waals surface area (Å²) in [6.07, 6.45) is 1.82. The third-order valence-electron chi connectivity index (χ3n) is 2.80.